The Kier molecular flexibility index (Phi) is 5.14. The van der Waals surface area contributed by atoms with Crippen LogP contribution < -0.4 is 4.74 Å². The summed E-state index contributed by atoms with van der Waals surface area (Å²) in [4.78, 5) is 0.249. The van der Waals surface area contributed by atoms with Crippen molar-refractivity contribution < 1.29 is 17.9 Å². The number of hydrogen-bond acceptors (Lipinski definition) is 4. The van der Waals surface area contributed by atoms with Gasteiger partial charge in [-0.05, 0) is 57.9 Å². The van der Waals surface area contributed by atoms with E-state index in [1.54, 1.807) is 12.1 Å². The van der Waals surface area contributed by atoms with Crippen LogP contribution in [0.15, 0.2) is 17.0 Å². The van der Waals surface area contributed by atoms with Crippen LogP contribution >= 0.6 is 0 Å². The number of ether oxygens (including phenoxy) is 2. The summed E-state index contributed by atoms with van der Waals surface area (Å²) >= 11 is 0. The van der Waals surface area contributed by atoms with Gasteiger partial charge in [-0.2, -0.15) is 4.31 Å². The van der Waals surface area contributed by atoms with Gasteiger partial charge in [-0.1, -0.05) is 0 Å². The van der Waals surface area contributed by atoms with Crippen LogP contribution in [0.2, 0.25) is 0 Å². The monoisotopic (exact) mass is 327 g/mol. The molecule has 2 atom stereocenters. The van der Waals surface area contributed by atoms with E-state index in [0.29, 0.717) is 25.4 Å². The first-order valence-electron chi connectivity index (χ1n) is 7.65. The lowest BCUT2D eigenvalue weighted by Gasteiger charge is -2.34. The summed E-state index contributed by atoms with van der Waals surface area (Å²) < 4.78 is 38.8. The molecule has 0 unspecified atom stereocenters. The van der Waals surface area contributed by atoms with Crippen LogP contribution in [0.25, 0.3) is 0 Å². The number of benzene rings is 1. The van der Waals surface area contributed by atoms with Crippen molar-refractivity contribution in [1.29, 1.82) is 0 Å². The number of rotatable bonds is 4. The van der Waals surface area contributed by atoms with Gasteiger partial charge in [0.15, 0.2) is 0 Å². The Bertz CT molecular complexity index is 632. The lowest BCUT2D eigenvalue weighted by atomic mass is 10.1. The summed E-state index contributed by atoms with van der Waals surface area (Å²) in [5.41, 5.74) is 1.96. The molecule has 6 heteroatoms. The number of aryl methyl sites for hydroxylation is 2. The average molecular weight is 327 g/mol. The minimum atomic E-state index is -3.59. The van der Waals surface area contributed by atoms with E-state index in [0.717, 1.165) is 11.1 Å². The van der Waals surface area contributed by atoms with Crippen molar-refractivity contribution in [2.24, 2.45) is 0 Å². The molecule has 1 saturated heterocycles. The van der Waals surface area contributed by atoms with E-state index in [1.165, 1.54) is 4.31 Å². The quantitative estimate of drug-likeness (QED) is 0.852. The van der Waals surface area contributed by atoms with E-state index in [9.17, 15) is 8.42 Å². The van der Waals surface area contributed by atoms with E-state index >= 15 is 0 Å². The van der Waals surface area contributed by atoms with E-state index in [2.05, 4.69) is 0 Å². The molecule has 124 valence electrons. The van der Waals surface area contributed by atoms with E-state index in [1.807, 2.05) is 34.6 Å². The zero-order valence-corrected chi connectivity index (χ0v) is 14.7. The second-order valence-corrected chi connectivity index (χ2v) is 7.80. The maximum atomic E-state index is 13.0. The maximum Gasteiger partial charge on any atom is 0.246 e. The molecule has 1 aromatic carbocycles. The lowest BCUT2D eigenvalue weighted by Crippen LogP contribution is -2.48. The van der Waals surface area contributed by atoms with Gasteiger partial charge < -0.3 is 9.47 Å². The molecule has 1 fully saturated rings. The maximum absolute atomic E-state index is 13.0. The van der Waals surface area contributed by atoms with Crippen LogP contribution in [0.1, 0.15) is 31.9 Å². The third-order valence-corrected chi connectivity index (χ3v) is 5.72. The summed E-state index contributed by atoms with van der Waals surface area (Å²) in [6, 6.07) is 3.51. The lowest BCUT2D eigenvalue weighted by molar-refractivity contribution is -0.0441. The summed E-state index contributed by atoms with van der Waals surface area (Å²) in [5, 5.41) is 0. The van der Waals surface area contributed by atoms with Gasteiger partial charge in [0.2, 0.25) is 10.0 Å². The van der Waals surface area contributed by atoms with E-state index in [-0.39, 0.29) is 17.1 Å². The van der Waals surface area contributed by atoms with Crippen LogP contribution in [-0.2, 0) is 14.8 Å². The van der Waals surface area contributed by atoms with E-state index in [4.69, 9.17) is 9.47 Å². The smallest absolute Gasteiger partial charge is 0.246 e. The van der Waals surface area contributed by atoms with Crippen molar-refractivity contribution >= 4 is 10.0 Å². The molecule has 0 bridgehead atoms. The zero-order valence-electron chi connectivity index (χ0n) is 13.9. The highest BCUT2D eigenvalue weighted by Crippen LogP contribution is 2.31. The molecule has 2 rings (SSSR count). The second-order valence-electron chi connectivity index (χ2n) is 5.90. The highest BCUT2D eigenvalue weighted by molar-refractivity contribution is 7.89. The van der Waals surface area contributed by atoms with Gasteiger partial charge in [0, 0.05) is 13.1 Å². The Hall–Kier alpha value is -1.11. The zero-order chi connectivity index (χ0) is 16.5. The predicted molar refractivity (Wildman–Crippen MR) is 85.9 cm³/mol. The molecule has 1 aromatic rings. The van der Waals surface area contributed by atoms with Crippen molar-refractivity contribution in [3.8, 4) is 5.75 Å². The van der Waals surface area contributed by atoms with Gasteiger partial charge in [0.05, 0.1) is 18.8 Å². The van der Waals surface area contributed by atoms with Crippen LogP contribution in [-0.4, -0.2) is 44.6 Å². The summed E-state index contributed by atoms with van der Waals surface area (Å²) in [7, 11) is -3.59. The van der Waals surface area contributed by atoms with E-state index < -0.39 is 10.0 Å². The van der Waals surface area contributed by atoms with Gasteiger partial charge in [0.25, 0.3) is 0 Å². The predicted octanol–water partition coefficient (Wildman–Crippen LogP) is 2.50. The van der Waals surface area contributed by atoms with Crippen molar-refractivity contribution in [1.82, 2.24) is 4.31 Å². The number of hydrogen-bond donors (Lipinski definition) is 0. The van der Waals surface area contributed by atoms with Crippen molar-refractivity contribution in [2.75, 3.05) is 19.7 Å². The Balaban J connectivity index is 2.46. The van der Waals surface area contributed by atoms with Crippen molar-refractivity contribution in [2.45, 2.75) is 51.7 Å². The molecule has 22 heavy (non-hydrogen) atoms. The van der Waals surface area contributed by atoms with Gasteiger partial charge in [-0.15, -0.1) is 0 Å². The third kappa shape index (κ3) is 3.45. The first-order valence-corrected chi connectivity index (χ1v) is 9.09. The minimum Gasteiger partial charge on any atom is -0.492 e. The normalized spacial score (nSPS) is 23.5. The Morgan fingerprint density at radius 1 is 1.18 bits per heavy atom. The highest BCUT2D eigenvalue weighted by Gasteiger charge is 2.34. The third-order valence-electron chi connectivity index (χ3n) is 3.86. The SMILES string of the molecule is CCOc1cc(C)c(C)cc1S(=O)(=O)N1C[C@@H](C)O[C@H](C)C1. The Morgan fingerprint density at radius 2 is 1.73 bits per heavy atom. The molecule has 0 aliphatic carbocycles. The minimum absolute atomic E-state index is 0.111. The largest absolute Gasteiger partial charge is 0.492 e. The van der Waals surface area contributed by atoms with Crippen LogP contribution in [0.3, 0.4) is 0 Å². The molecule has 1 aliphatic rings. The number of sulfonamides is 1. The molecule has 1 aliphatic heterocycles. The molecule has 1 heterocycles. The molecule has 0 saturated carbocycles. The fourth-order valence-electron chi connectivity index (χ4n) is 2.70. The standard InChI is InChI=1S/C16H25NO4S/c1-6-20-15-7-11(2)12(3)8-16(15)22(18,19)17-9-13(4)21-14(5)10-17/h7-8,13-14H,6,9-10H2,1-5H3/t13-,14-/m1/s1. The fourth-order valence-corrected chi connectivity index (χ4v) is 4.49. The number of morpholine rings is 1. The molecule has 0 spiro atoms. The van der Waals surface area contributed by atoms with Crippen molar-refractivity contribution in [3.05, 3.63) is 23.3 Å². The van der Waals surface area contributed by atoms with Crippen LogP contribution in [0, 0.1) is 13.8 Å². The molecular formula is C16H25NO4S. The number of nitrogens with zero attached hydrogens (tertiary/aromatic N) is 1. The fraction of sp³-hybridized carbons (Fsp3) is 0.625. The second kappa shape index (κ2) is 6.56. The molecule has 5 nitrogen and oxygen atoms in total. The first-order chi connectivity index (χ1) is 10.3. The molecule has 0 aromatic heterocycles. The highest BCUT2D eigenvalue weighted by atomic mass is 32.2. The molecule has 0 amide bonds. The average Bonchev–Trinajstić information content (AvgIpc) is 2.41. The molecule has 0 radical (unpaired) electrons. The Labute approximate surface area is 133 Å². The summed E-state index contributed by atoms with van der Waals surface area (Å²) in [6.07, 6.45) is -0.221. The van der Waals surface area contributed by atoms with Crippen LogP contribution in [0.5, 0.6) is 5.75 Å². The van der Waals surface area contributed by atoms with Gasteiger partial charge in [-0.25, -0.2) is 8.42 Å². The molecule has 0 N–H and O–H groups in total. The topological polar surface area (TPSA) is 55.8 Å². The van der Waals surface area contributed by atoms with Gasteiger partial charge in [-0.3, -0.25) is 0 Å². The van der Waals surface area contributed by atoms with Gasteiger partial charge in [0.1, 0.15) is 10.6 Å². The van der Waals surface area contributed by atoms with Gasteiger partial charge >= 0.3 is 0 Å². The van der Waals surface area contributed by atoms with Crippen molar-refractivity contribution in [3.63, 3.8) is 0 Å². The first kappa shape index (κ1) is 17.2. The Morgan fingerprint density at radius 3 is 2.27 bits per heavy atom. The molecular weight excluding hydrogens is 302 g/mol. The summed E-state index contributed by atoms with van der Waals surface area (Å²) in [6.45, 7) is 10.7. The van der Waals surface area contributed by atoms with Crippen LogP contribution in [0.4, 0.5) is 0 Å². The summed E-state index contributed by atoms with van der Waals surface area (Å²) in [5.74, 6) is 0.428.